The fraction of sp³-hybridized carbons (Fsp3) is 0.0667. The monoisotopic (exact) mass is 337 g/mol. The van der Waals surface area contributed by atoms with Gasteiger partial charge in [0.1, 0.15) is 23.7 Å². The van der Waals surface area contributed by atoms with Gasteiger partial charge in [0.25, 0.3) is 5.69 Å². The smallest absolute Gasteiger partial charge is 0.269 e. The zero-order chi connectivity index (χ0) is 17.2. The van der Waals surface area contributed by atoms with E-state index in [2.05, 4.69) is 20.5 Å². The molecule has 4 aromatic rings. The number of aromatic nitrogens is 5. The van der Waals surface area contributed by atoms with Crippen molar-refractivity contribution >= 4 is 22.4 Å². The fourth-order valence-electron chi connectivity index (χ4n) is 2.52. The van der Waals surface area contributed by atoms with Gasteiger partial charge in [0.2, 0.25) is 0 Å². The molecular weight excluding hydrogens is 326 g/mol. The molecule has 0 radical (unpaired) electrons. The molecule has 4 rings (SSSR count). The van der Waals surface area contributed by atoms with Crippen LogP contribution in [0.3, 0.4) is 0 Å². The molecule has 0 saturated heterocycles. The number of benzene rings is 2. The van der Waals surface area contributed by atoms with Crippen LogP contribution in [0.15, 0.2) is 59.7 Å². The summed E-state index contributed by atoms with van der Waals surface area (Å²) in [5, 5.41) is 28.1. The molecule has 10 nitrogen and oxygen atoms in total. The Labute approximate surface area is 140 Å². The summed E-state index contributed by atoms with van der Waals surface area (Å²) in [6.45, 7) is 0.418. The Balaban J connectivity index is 1.74. The van der Waals surface area contributed by atoms with Crippen molar-refractivity contribution in [1.29, 1.82) is 0 Å². The van der Waals surface area contributed by atoms with Crippen molar-refractivity contribution in [3.63, 3.8) is 0 Å². The summed E-state index contributed by atoms with van der Waals surface area (Å²) in [6, 6.07) is 11.8. The van der Waals surface area contributed by atoms with Gasteiger partial charge in [-0.3, -0.25) is 15.1 Å². The van der Waals surface area contributed by atoms with Gasteiger partial charge < -0.3 is 0 Å². The maximum absolute atomic E-state index is 10.9. The van der Waals surface area contributed by atoms with E-state index >= 15 is 0 Å². The van der Waals surface area contributed by atoms with Crippen LogP contribution in [0.1, 0.15) is 5.56 Å². The second-order valence-electron chi connectivity index (χ2n) is 5.22. The van der Waals surface area contributed by atoms with Crippen LogP contribution in [0.25, 0.3) is 11.0 Å². The summed E-state index contributed by atoms with van der Waals surface area (Å²) in [6.07, 6.45) is 3.09. The average molecular weight is 337 g/mol. The summed E-state index contributed by atoms with van der Waals surface area (Å²) in [4.78, 5) is 10.4. The first-order chi connectivity index (χ1) is 12.2. The van der Waals surface area contributed by atoms with E-state index in [1.807, 2.05) is 23.2 Å². The van der Waals surface area contributed by atoms with Crippen LogP contribution in [-0.2, 0) is 6.54 Å². The first-order valence-corrected chi connectivity index (χ1v) is 7.29. The molecule has 2 aromatic carbocycles. The van der Waals surface area contributed by atoms with Gasteiger partial charge in [-0.1, -0.05) is 12.1 Å². The highest BCUT2D eigenvalue weighted by molar-refractivity contribution is 5.77. The Morgan fingerprint density at radius 3 is 2.56 bits per heavy atom. The number of hydrogen-bond acceptors (Lipinski definition) is 8. The van der Waals surface area contributed by atoms with Crippen LogP contribution in [0.4, 0.5) is 11.4 Å². The average Bonchev–Trinajstić information content (AvgIpc) is 3.31. The highest BCUT2D eigenvalue weighted by Crippen LogP contribution is 2.24. The third-order valence-electron chi connectivity index (χ3n) is 3.73. The molecule has 2 aromatic heterocycles. The summed E-state index contributed by atoms with van der Waals surface area (Å²) >= 11 is 0. The van der Waals surface area contributed by atoms with Gasteiger partial charge in [-0.2, -0.15) is 0 Å². The van der Waals surface area contributed by atoms with Crippen molar-refractivity contribution in [2.75, 3.05) is 5.01 Å². The zero-order valence-electron chi connectivity index (χ0n) is 12.8. The standard InChI is InChI=1S/C15H11N7O3/c23-22(24)13-6-4-12(5-7-13)21(20-9-16-17-10-20)8-11-2-1-3-14-15(11)19-25-18-14/h1-7,9-10H,8H2. The molecule has 2 heterocycles. The van der Waals surface area contributed by atoms with E-state index in [0.717, 1.165) is 11.3 Å². The van der Waals surface area contributed by atoms with E-state index in [1.165, 1.54) is 12.1 Å². The van der Waals surface area contributed by atoms with Gasteiger partial charge in [0.05, 0.1) is 17.2 Å². The van der Waals surface area contributed by atoms with Gasteiger partial charge in [-0.05, 0) is 28.5 Å². The predicted molar refractivity (Wildman–Crippen MR) is 86.5 cm³/mol. The van der Waals surface area contributed by atoms with Crippen LogP contribution < -0.4 is 5.01 Å². The molecular formula is C15H11N7O3. The molecule has 25 heavy (non-hydrogen) atoms. The number of anilines is 1. The minimum absolute atomic E-state index is 0.0234. The van der Waals surface area contributed by atoms with Crippen molar-refractivity contribution in [3.05, 3.63) is 70.8 Å². The van der Waals surface area contributed by atoms with E-state index in [-0.39, 0.29) is 5.69 Å². The largest absolute Gasteiger partial charge is 0.274 e. The lowest BCUT2D eigenvalue weighted by Crippen LogP contribution is -2.28. The van der Waals surface area contributed by atoms with Crippen molar-refractivity contribution in [1.82, 2.24) is 25.2 Å². The number of rotatable bonds is 5. The molecule has 0 bridgehead atoms. The summed E-state index contributed by atoms with van der Waals surface area (Å²) < 4.78 is 6.49. The van der Waals surface area contributed by atoms with Crippen LogP contribution in [0, 0.1) is 10.1 Å². The van der Waals surface area contributed by atoms with E-state index in [4.69, 9.17) is 4.63 Å². The number of nitro groups is 1. The lowest BCUT2D eigenvalue weighted by Gasteiger charge is -2.24. The normalized spacial score (nSPS) is 10.9. The van der Waals surface area contributed by atoms with E-state index in [1.54, 1.807) is 29.5 Å². The molecule has 0 atom stereocenters. The molecule has 0 aliphatic carbocycles. The van der Waals surface area contributed by atoms with Crippen LogP contribution >= 0.6 is 0 Å². The Morgan fingerprint density at radius 1 is 1.08 bits per heavy atom. The Morgan fingerprint density at radius 2 is 1.84 bits per heavy atom. The van der Waals surface area contributed by atoms with E-state index < -0.39 is 4.92 Å². The van der Waals surface area contributed by atoms with Crippen LogP contribution in [0.5, 0.6) is 0 Å². The van der Waals surface area contributed by atoms with Gasteiger partial charge >= 0.3 is 0 Å². The van der Waals surface area contributed by atoms with Crippen molar-refractivity contribution in [3.8, 4) is 0 Å². The molecule has 124 valence electrons. The molecule has 0 amide bonds. The second-order valence-corrected chi connectivity index (χ2v) is 5.22. The molecule has 0 spiro atoms. The maximum atomic E-state index is 10.9. The topological polar surface area (TPSA) is 116 Å². The van der Waals surface area contributed by atoms with E-state index in [0.29, 0.717) is 17.6 Å². The SMILES string of the molecule is O=[N+]([O-])c1ccc(N(Cc2cccc3nonc23)n2cnnc2)cc1. The lowest BCUT2D eigenvalue weighted by atomic mass is 10.1. The molecule has 0 aliphatic heterocycles. The van der Waals surface area contributed by atoms with Crippen molar-refractivity contribution in [2.45, 2.75) is 6.54 Å². The lowest BCUT2D eigenvalue weighted by molar-refractivity contribution is -0.384. The second kappa shape index (κ2) is 6.00. The Hall–Kier alpha value is -3.82. The molecule has 0 aliphatic rings. The summed E-state index contributed by atoms with van der Waals surface area (Å²) in [5.74, 6) is 0. The molecule has 0 fully saturated rings. The molecule has 0 saturated carbocycles. The Bertz CT molecular complexity index is 1010. The third kappa shape index (κ3) is 2.76. The van der Waals surface area contributed by atoms with Gasteiger partial charge in [-0.15, -0.1) is 10.2 Å². The summed E-state index contributed by atoms with van der Waals surface area (Å²) in [5.41, 5.74) is 2.95. The maximum Gasteiger partial charge on any atom is 0.269 e. The Kier molecular flexibility index (Phi) is 3.54. The predicted octanol–water partition coefficient (Wildman–Crippen LogP) is 2.19. The van der Waals surface area contributed by atoms with Gasteiger partial charge in [-0.25, -0.2) is 9.31 Å². The fourth-order valence-corrected chi connectivity index (χ4v) is 2.52. The van der Waals surface area contributed by atoms with Crippen molar-refractivity contribution in [2.24, 2.45) is 0 Å². The van der Waals surface area contributed by atoms with Crippen LogP contribution in [0.2, 0.25) is 0 Å². The number of hydrogen-bond donors (Lipinski definition) is 0. The number of nitrogens with zero attached hydrogens (tertiary/aromatic N) is 7. The van der Waals surface area contributed by atoms with Crippen molar-refractivity contribution < 1.29 is 9.55 Å². The number of nitro benzene ring substituents is 1. The highest BCUT2D eigenvalue weighted by Gasteiger charge is 2.15. The highest BCUT2D eigenvalue weighted by atomic mass is 16.6. The zero-order valence-corrected chi connectivity index (χ0v) is 12.8. The summed E-state index contributed by atoms with van der Waals surface area (Å²) in [7, 11) is 0. The van der Waals surface area contributed by atoms with E-state index in [9.17, 15) is 10.1 Å². The number of non-ortho nitro benzene ring substituents is 1. The molecule has 10 heteroatoms. The van der Waals surface area contributed by atoms with Gasteiger partial charge in [0.15, 0.2) is 0 Å². The minimum Gasteiger partial charge on any atom is -0.274 e. The van der Waals surface area contributed by atoms with Gasteiger partial charge in [0, 0.05) is 17.7 Å². The molecule has 0 unspecified atom stereocenters. The third-order valence-corrected chi connectivity index (χ3v) is 3.73. The first kappa shape index (κ1) is 14.8. The van der Waals surface area contributed by atoms with Crippen LogP contribution in [-0.4, -0.2) is 30.1 Å². The minimum atomic E-state index is -0.436. The quantitative estimate of drug-likeness (QED) is 0.402. The molecule has 0 N–H and O–H groups in total. The number of fused-ring (bicyclic) bond motifs is 1. The first-order valence-electron chi connectivity index (χ1n) is 7.29.